The summed E-state index contributed by atoms with van der Waals surface area (Å²) in [6, 6.07) is 13.0. The Balaban J connectivity index is 0.00000208. The highest BCUT2D eigenvalue weighted by molar-refractivity contribution is 14.0. The molecule has 0 bridgehead atoms. The average molecular weight is 455 g/mol. The zero-order chi connectivity index (χ0) is 16.1. The van der Waals surface area contributed by atoms with Gasteiger partial charge in [-0.3, -0.25) is 4.99 Å². The molecular weight excluding hydrogens is 429 g/mol. The first kappa shape index (κ1) is 19.2. The smallest absolute Gasteiger partial charge is 0.191 e. The van der Waals surface area contributed by atoms with Gasteiger partial charge in [-0.2, -0.15) is 11.3 Å². The van der Waals surface area contributed by atoms with Crippen LogP contribution in [-0.4, -0.2) is 26.1 Å². The van der Waals surface area contributed by atoms with Crippen LogP contribution in [0.2, 0.25) is 0 Å². The minimum Gasteiger partial charge on any atom is -0.356 e. The third kappa shape index (κ3) is 4.72. The fourth-order valence-electron chi connectivity index (χ4n) is 2.91. The molecule has 1 heterocycles. The zero-order valence-corrected chi connectivity index (χ0v) is 17.4. The molecule has 1 saturated carbocycles. The molecule has 1 aliphatic carbocycles. The number of rotatable bonds is 6. The number of thiophene rings is 1. The van der Waals surface area contributed by atoms with Gasteiger partial charge in [-0.05, 0) is 46.7 Å². The van der Waals surface area contributed by atoms with Crippen LogP contribution in [0.25, 0.3) is 0 Å². The number of benzene rings is 1. The summed E-state index contributed by atoms with van der Waals surface area (Å²) in [7, 11) is 1.84. The highest BCUT2D eigenvalue weighted by atomic mass is 127. The molecule has 130 valence electrons. The number of halogens is 1. The Labute approximate surface area is 166 Å². The van der Waals surface area contributed by atoms with E-state index in [0.717, 1.165) is 19.0 Å². The molecule has 3 rings (SSSR count). The lowest BCUT2D eigenvalue weighted by molar-refractivity contribution is 0.636. The van der Waals surface area contributed by atoms with E-state index < -0.39 is 0 Å². The molecule has 1 aliphatic rings. The Kier molecular flexibility index (Phi) is 7.10. The fourth-order valence-corrected chi connectivity index (χ4v) is 3.69. The summed E-state index contributed by atoms with van der Waals surface area (Å²) < 4.78 is 0. The van der Waals surface area contributed by atoms with E-state index in [1.165, 1.54) is 24.0 Å². The Bertz CT molecular complexity index is 636. The number of nitrogens with one attached hydrogen (secondary N) is 2. The maximum Gasteiger partial charge on any atom is 0.191 e. The van der Waals surface area contributed by atoms with Crippen LogP contribution in [0.1, 0.15) is 36.8 Å². The van der Waals surface area contributed by atoms with E-state index in [0.29, 0.717) is 11.3 Å². The van der Waals surface area contributed by atoms with Gasteiger partial charge in [0.05, 0.1) is 0 Å². The third-order valence-corrected chi connectivity index (χ3v) is 5.45. The minimum absolute atomic E-state index is 0. The molecule has 0 radical (unpaired) electrons. The molecule has 3 nitrogen and oxygen atoms in total. The molecule has 0 amide bonds. The molecule has 1 unspecified atom stereocenters. The third-order valence-electron chi connectivity index (χ3n) is 4.75. The van der Waals surface area contributed by atoms with Crippen molar-refractivity contribution in [2.45, 2.75) is 31.1 Å². The Morgan fingerprint density at radius 2 is 1.96 bits per heavy atom. The second-order valence-corrected chi connectivity index (χ2v) is 7.19. The molecule has 2 N–H and O–H groups in total. The number of hydrogen-bond acceptors (Lipinski definition) is 2. The minimum atomic E-state index is 0. The second kappa shape index (κ2) is 8.85. The predicted molar refractivity (Wildman–Crippen MR) is 115 cm³/mol. The maximum atomic E-state index is 4.36. The SMILES string of the molecule is CN=C(NCC(C)c1ccsc1)NCC1(c2ccccc2)CC1.I. The van der Waals surface area contributed by atoms with Crippen LogP contribution in [0, 0.1) is 0 Å². The summed E-state index contributed by atoms with van der Waals surface area (Å²) in [4.78, 5) is 4.36. The predicted octanol–water partition coefficient (Wildman–Crippen LogP) is 4.37. The van der Waals surface area contributed by atoms with Gasteiger partial charge in [0, 0.05) is 25.6 Å². The summed E-state index contributed by atoms with van der Waals surface area (Å²) in [6.45, 7) is 4.09. The van der Waals surface area contributed by atoms with Crippen molar-refractivity contribution in [2.24, 2.45) is 4.99 Å². The van der Waals surface area contributed by atoms with Gasteiger partial charge in [-0.25, -0.2) is 0 Å². The molecule has 2 aromatic rings. The van der Waals surface area contributed by atoms with Crippen molar-refractivity contribution < 1.29 is 0 Å². The number of nitrogens with zero attached hydrogens (tertiary/aromatic N) is 1. The van der Waals surface area contributed by atoms with Gasteiger partial charge >= 0.3 is 0 Å². The van der Waals surface area contributed by atoms with Crippen molar-refractivity contribution in [3.8, 4) is 0 Å². The number of guanidine groups is 1. The Morgan fingerprint density at radius 1 is 1.21 bits per heavy atom. The summed E-state index contributed by atoms with van der Waals surface area (Å²) in [5.41, 5.74) is 3.13. The Morgan fingerprint density at radius 3 is 2.54 bits per heavy atom. The molecule has 0 aliphatic heterocycles. The van der Waals surface area contributed by atoms with E-state index in [9.17, 15) is 0 Å². The molecule has 1 fully saturated rings. The van der Waals surface area contributed by atoms with Crippen LogP contribution in [0.4, 0.5) is 0 Å². The summed E-state index contributed by atoms with van der Waals surface area (Å²) in [5.74, 6) is 1.39. The highest BCUT2D eigenvalue weighted by Gasteiger charge is 2.43. The first-order valence-corrected chi connectivity index (χ1v) is 9.20. The lowest BCUT2D eigenvalue weighted by Gasteiger charge is -2.20. The lowest BCUT2D eigenvalue weighted by Crippen LogP contribution is -2.42. The van der Waals surface area contributed by atoms with Crippen molar-refractivity contribution in [1.82, 2.24) is 10.6 Å². The Hall–Kier alpha value is -1.08. The average Bonchev–Trinajstić information content (AvgIpc) is 3.18. The van der Waals surface area contributed by atoms with E-state index >= 15 is 0 Å². The van der Waals surface area contributed by atoms with Crippen molar-refractivity contribution in [2.75, 3.05) is 20.1 Å². The van der Waals surface area contributed by atoms with E-state index in [4.69, 9.17) is 0 Å². The zero-order valence-electron chi connectivity index (χ0n) is 14.3. The molecule has 24 heavy (non-hydrogen) atoms. The van der Waals surface area contributed by atoms with Crippen LogP contribution >= 0.6 is 35.3 Å². The van der Waals surface area contributed by atoms with Gasteiger partial charge in [0.25, 0.3) is 0 Å². The van der Waals surface area contributed by atoms with Gasteiger partial charge < -0.3 is 10.6 Å². The normalized spacial score (nSPS) is 16.8. The van der Waals surface area contributed by atoms with Gasteiger partial charge in [0.1, 0.15) is 0 Å². The van der Waals surface area contributed by atoms with Crippen LogP contribution in [0.3, 0.4) is 0 Å². The van der Waals surface area contributed by atoms with Crippen molar-refractivity contribution in [3.63, 3.8) is 0 Å². The quantitative estimate of drug-likeness (QED) is 0.386. The summed E-state index contributed by atoms with van der Waals surface area (Å²) in [5, 5.41) is 11.3. The van der Waals surface area contributed by atoms with E-state index in [1.54, 1.807) is 11.3 Å². The van der Waals surface area contributed by atoms with Crippen molar-refractivity contribution in [1.29, 1.82) is 0 Å². The first-order chi connectivity index (χ1) is 11.2. The highest BCUT2D eigenvalue weighted by Crippen LogP contribution is 2.47. The molecule has 0 spiro atoms. The maximum absolute atomic E-state index is 4.36. The number of hydrogen-bond donors (Lipinski definition) is 2. The molecular formula is C19H26IN3S. The summed E-state index contributed by atoms with van der Waals surface area (Å²) >= 11 is 1.75. The van der Waals surface area contributed by atoms with E-state index in [2.05, 4.69) is 69.7 Å². The van der Waals surface area contributed by atoms with Crippen LogP contribution in [0.15, 0.2) is 52.2 Å². The number of aliphatic imine (C=N–C) groups is 1. The molecule has 5 heteroatoms. The van der Waals surface area contributed by atoms with Gasteiger partial charge in [0.15, 0.2) is 5.96 Å². The van der Waals surface area contributed by atoms with Gasteiger partial charge in [-0.15, -0.1) is 24.0 Å². The van der Waals surface area contributed by atoms with Gasteiger partial charge in [-0.1, -0.05) is 37.3 Å². The van der Waals surface area contributed by atoms with Gasteiger partial charge in [0.2, 0.25) is 0 Å². The largest absolute Gasteiger partial charge is 0.356 e. The van der Waals surface area contributed by atoms with Crippen LogP contribution in [0.5, 0.6) is 0 Å². The van der Waals surface area contributed by atoms with Crippen LogP contribution < -0.4 is 10.6 Å². The monoisotopic (exact) mass is 455 g/mol. The van der Waals surface area contributed by atoms with Crippen molar-refractivity contribution in [3.05, 3.63) is 58.3 Å². The summed E-state index contributed by atoms with van der Waals surface area (Å²) in [6.07, 6.45) is 2.51. The van der Waals surface area contributed by atoms with E-state index in [-0.39, 0.29) is 24.0 Å². The molecule has 1 atom stereocenters. The molecule has 1 aromatic heterocycles. The van der Waals surface area contributed by atoms with E-state index in [1.807, 2.05) is 7.05 Å². The van der Waals surface area contributed by atoms with Crippen molar-refractivity contribution >= 4 is 41.3 Å². The molecule has 1 aromatic carbocycles. The molecule has 0 saturated heterocycles. The second-order valence-electron chi connectivity index (χ2n) is 6.41. The van der Waals surface area contributed by atoms with Crippen LogP contribution in [-0.2, 0) is 5.41 Å². The topological polar surface area (TPSA) is 36.4 Å². The standard InChI is InChI=1S/C19H25N3S.HI/c1-15(16-8-11-23-13-16)12-21-18(20-2)22-14-19(9-10-19)17-6-4-3-5-7-17;/h3-8,11,13,15H,9-10,12,14H2,1-2H3,(H2,20,21,22);1H. The fraction of sp³-hybridized carbons (Fsp3) is 0.421. The lowest BCUT2D eigenvalue weighted by atomic mass is 9.96. The first-order valence-electron chi connectivity index (χ1n) is 8.26.